The molecule has 0 radical (unpaired) electrons. The molecule has 0 aliphatic carbocycles. The molecule has 2 aliphatic heterocycles. The number of rotatable bonds is 4. The van der Waals surface area contributed by atoms with E-state index in [4.69, 9.17) is 0 Å². The molecule has 3 heterocycles. The van der Waals surface area contributed by atoms with E-state index in [0.717, 1.165) is 51.1 Å². The molecule has 6 nitrogen and oxygen atoms in total. The molecule has 0 spiro atoms. The Morgan fingerprint density at radius 3 is 2.76 bits per heavy atom. The van der Waals surface area contributed by atoms with Crippen LogP contribution in [0.2, 0.25) is 0 Å². The highest BCUT2D eigenvalue weighted by Gasteiger charge is 2.29. The predicted molar refractivity (Wildman–Crippen MR) is 97.6 cm³/mol. The average molecular weight is 344 g/mol. The van der Waals surface area contributed by atoms with Crippen molar-refractivity contribution in [1.82, 2.24) is 15.2 Å². The molecule has 1 unspecified atom stereocenters. The van der Waals surface area contributed by atoms with E-state index in [1.54, 1.807) is 6.20 Å². The van der Waals surface area contributed by atoms with Crippen molar-refractivity contribution in [3.8, 4) is 0 Å². The number of aromatic nitrogens is 1. The Bertz CT molecular complexity index is 613. The molecule has 6 heteroatoms. The van der Waals surface area contributed by atoms with E-state index in [2.05, 4.69) is 15.2 Å². The molecule has 1 N–H and O–H groups in total. The summed E-state index contributed by atoms with van der Waals surface area (Å²) in [7, 11) is 0. The van der Waals surface area contributed by atoms with Crippen molar-refractivity contribution in [3.63, 3.8) is 0 Å². The number of anilines is 1. The van der Waals surface area contributed by atoms with E-state index in [-0.39, 0.29) is 17.7 Å². The van der Waals surface area contributed by atoms with Crippen LogP contribution in [0.5, 0.6) is 0 Å². The number of likely N-dealkylation sites (tertiary alicyclic amines) is 1. The van der Waals surface area contributed by atoms with Gasteiger partial charge in [-0.15, -0.1) is 0 Å². The summed E-state index contributed by atoms with van der Waals surface area (Å²) in [5.41, 5.74) is 0.668. The maximum absolute atomic E-state index is 13.0. The molecule has 2 fully saturated rings. The lowest BCUT2D eigenvalue weighted by molar-refractivity contribution is -0.125. The van der Waals surface area contributed by atoms with E-state index in [1.807, 2.05) is 24.0 Å². The Morgan fingerprint density at radius 1 is 1.20 bits per heavy atom. The molecule has 2 aliphatic rings. The van der Waals surface area contributed by atoms with Gasteiger partial charge in [-0.2, -0.15) is 0 Å². The summed E-state index contributed by atoms with van der Waals surface area (Å²) in [6.45, 7) is 5.71. The third kappa shape index (κ3) is 4.11. The van der Waals surface area contributed by atoms with Gasteiger partial charge < -0.3 is 15.1 Å². The van der Waals surface area contributed by atoms with Crippen LogP contribution in [-0.2, 0) is 4.79 Å². The fraction of sp³-hybridized carbons (Fsp3) is 0.632. The lowest BCUT2D eigenvalue weighted by Gasteiger charge is -2.34. The van der Waals surface area contributed by atoms with Crippen LogP contribution in [0.4, 0.5) is 5.82 Å². The summed E-state index contributed by atoms with van der Waals surface area (Å²) in [6.07, 6.45) is 6.91. The number of nitrogens with zero attached hydrogens (tertiary/aromatic N) is 3. The average Bonchev–Trinajstić information content (AvgIpc) is 2.68. The molecule has 0 bridgehead atoms. The van der Waals surface area contributed by atoms with Gasteiger partial charge >= 0.3 is 0 Å². The van der Waals surface area contributed by atoms with Gasteiger partial charge in [0.15, 0.2) is 0 Å². The summed E-state index contributed by atoms with van der Waals surface area (Å²) in [4.78, 5) is 33.7. The van der Waals surface area contributed by atoms with Gasteiger partial charge in [0, 0.05) is 38.9 Å². The summed E-state index contributed by atoms with van der Waals surface area (Å²) in [6, 6.07) is 3.70. The monoisotopic (exact) mass is 344 g/mol. The largest absolute Gasteiger partial charge is 0.356 e. The van der Waals surface area contributed by atoms with Gasteiger partial charge in [-0.25, -0.2) is 4.98 Å². The smallest absolute Gasteiger partial charge is 0.257 e. The molecule has 1 aromatic heterocycles. The molecule has 1 aromatic rings. The van der Waals surface area contributed by atoms with Gasteiger partial charge in [0.05, 0.1) is 11.5 Å². The van der Waals surface area contributed by atoms with Gasteiger partial charge in [-0.05, 0) is 51.2 Å². The minimum Gasteiger partial charge on any atom is -0.356 e. The second-order valence-electron chi connectivity index (χ2n) is 6.91. The minimum absolute atomic E-state index is 0.0337. The third-order valence-electron chi connectivity index (χ3n) is 5.10. The van der Waals surface area contributed by atoms with Crippen LogP contribution in [0.3, 0.4) is 0 Å². The zero-order valence-electron chi connectivity index (χ0n) is 15.0. The molecule has 2 amide bonds. The molecule has 0 saturated carbocycles. The van der Waals surface area contributed by atoms with Crippen molar-refractivity contribution in [3.05, 3.63) is 23.9 Å². The van der Waals surface area contributed by atoms with Crippen LogP contribution < -0.4 is 10.2 Å². The summed E-state index contributed by atoms with van der Waals surface area (Å²) in [5, 5.41) is 2.92. The molecular weight excluding hydrogens is 316 g/mol. The summed E-state index contributed by atoms with van der Waals surface area (Å²) >= 11 is 0. The van der Waals surface area contributed by atoms with Crippen molar-refractivity contribution in [2.24, 2.45) is 5.92 Å². The number of pyridine rings is 1. The lowest BCUT2D eigenvalue weighted by Crippen LogP contribution is -2.44. The first-order chi connectivity index (χ1) is 12.2. The Morgan fingerprint density at radius 2 is 2.00 bits per heavy atom. The number of amides is 2. The molecule has 136 valence electrons. The van der Waals surface area contributed by atoms with Crippen LogP contribution in [-0.4, -0.2) is 54.4 Å². The molecular formula is C19H28N4O2. The first kappa shape index (κ1) is 17.7. The topological polar surface area (TPSA) is 65.5 Å². The fourth-order valence-corrected chi connectivity index (χ4v) is 3.79. The molecule has 1 atom stereocenters. The first-order valence-corrected chi connectivity index (χ1v) is 9.47. The normalized spacial score (nSPS) is 21.1. The van der Waals surface area contributed by atoms with Crippen molar-refractivity contribution in [2.45, 2.75) is 39.0 Å². The predicted octanol–water partition coefficient (Wildman–Crippen LogP) is 2.06. The maximum atomic E-state index is 13.0. The van der Waals surface area contributed by atoms with Crippen LogP contribution in [0, 0.1) is 5.92 Å². The number of nitrogens with one attached hydrogen (secondary N) is 1. The second-order valence-corrected chi connectivity index (χ2v) is 6.91. The lowest BCUT2D eigenvalue weighted by atomic mass is 9.96. The second kappa shape index (κ2) is 8.32. The highest BCUT2D eigenvalue weighted by atomic mass is 16.2. The first-order valence-electron chi connectivity index (χ1n) is 9.47. The van der Waals surface area contributed by atoms with Gasteiger partial charge in [0.2, 0.25) is 5.91 Å². The number of hydrogen-bond acceptors (Lipinski definition) is 4. The Hall–Kier alpha value is -2.11. The number of carbonyl (C=O) groups excluding carboxylic acids is 2. The van der Waals surface area contributed by atoms with E-state index in [0.29, 0.717) is 18.7 Å². The highest BCUT2D eigenvalue weighted by molar-refractivity contribution is 5.99. The zero-order chi connectivity index (χ0) is 17.6. The van der Waals surface area contributed by atoms with Crippen molar-refractivity contribution >= 4 is 17.6 Å². The van der Waals surface area contributed by atoms with Crippen LogP contribution in [0.1, 0.15) is 49.4 Å². The van der Waals surface area contributed by atoms with Crippen LogP contribution in [0.15, 0.2) is 18.3 Å². The maximum Gasteiger partial charge on any atom is 0.257 e. The van der Waals surface area contributed by atoms with E-state index in [9.17, 15) is 9.59 Å². The summed E-state index contributed by atoms with van der Waals surface area (Å²) in [5.74, 6) is 0.871. The zero-order valence-corrected chi connectivity index (χ0v) is 15.0. The van der Waals surface area contributed by atoms with Gasteiger partial charge in [-0.1, -0.05) is 0 Å². The Kier molecular flexibility index (Phi) is 5.89. The fourth-order valence-electron chi connectivity index (χ4n) is 3.79. The van der Waals surface area contributed by atoms with Crippen molar-refractivity contribution in [2.75, 3.05) is 37.6 Å². The van der Waals surface area contributed by atoms with Crippen LogP contribution >= 0.6 is 0 Å². The number of carbonyl (C=O) groups is 2. The van der Waals surface area contributed by atoms with E-state index in [1.165, 1.54) is 6.42 Å². The van der Waals surface area contributed by atoms with Crippen LogP contribution in [0.25, 0.3) is 0 Å². The van der Waals surface area contributed by atoms with Gasteiger partial charge in [0.1, 0.15) is 5.82 Å². The van der Waals surface area contributed by atoms with Gasteiger partial charge in [-0.3, -0.25) is 9.59 Å². The van der Waals surface area contributed by atoms with E-state index < -0.39 is 0 Å². The molecule has 2 saturated heterocycles. The number of piperidine rings is 2. The summed E-state index contributed by atoms with van der Waals surface area (Å²) < 4.78 is 0. The molecule has 25 heavy (non-hydrogen) atoms. The van der Waals surface area contributed by atoms with Gasteiger partial charge in [0.25, 0.3) is 5.91 Å². The molecule has 0 aromatic carbocycles. The molecule has 3 rings (SSSR count). The SMILES string of the molecule is CCNC(=O)C1CCCN(c2ncccc2C(=O)N2CCCCC2)C1. The van der Waals surface area contributed by atoms with Crippen molar-refractivity contribution in [1.29, 1.82) is 0 Å². The number of hydrogen-bond donors (Lipinski definition) is 1. The highest BCUT2D eigenvalue weighted by Crippen LogP contribution is 2.26. The van der Waals surface area contributed by atoms with Crippen molar-refractivity contribution < 1.29 is 9.59 Å². The Labute approximate surface area is 149 Å². The Balaban J connectivity index is 1.77. The van der Waals surface area contributed by atoms with E-state index >= 15 is 0 Å². The minimum atomic E-state index is -0.0337. The quantitative estimate of drug-likeness (QED) is 0.908. The standard InChI is InChI=1S/C19H28N4O2/c1-2-20-18(24)15-8-7-13-23(14-15)17-16(9-6-10-21-17)19(25)22-11-4-3-5-12-22/h6,9-10,15H,2-5,7-8,11-14H2,1H3,(H,20,24). The third-order valence-corrected chi connectivity index (χ3v) is 5.10.